The van der Waals surface area contributed by atoms with E-state index in [0.29, 0.717) is 17.7 Å². The lowest BCUT2D eigenvalue weighted by Gasteiger charge is -2.51. The lowest BCUT2D eigenvalue weighted by molar-refractivity contribution is -0.0490. The molecule has 0 aromatic heterocycles. The highest BCUT2D eigenvalue weighted by molar-refractivity contribution is 4.98. The van der Waals surface area contributed by atoms with Gasteiger partial charge in [-0.1, -0.05) is 20.8 Å². The van der Waals surface area contributed by atoms with Crippen LogP contribution < -0.4 is 5.32 Å². The summed E-state index contributed by atoms with van der Waals surface area (Å²) >= 11 is 0. The Morgan fingerprint density at radius 1 is 1.21 bits per heavy atom. The van der Waals surface area contributed by atoms with Crippen LogP contribution in [0.5, 0.6) is 0 Å². The normalized spacial score (nSPS) is 32.4. The van der Waals surface area contributed by atoms with Crippen LogP contribution in [0.4, 0.5) is 0 Å². The summed E-state index contributed by atoms with van der Waals surface area (Å²) in [5.41, 5.74) is 0.354. The molecule has 0 amide bonds. The molecule has 2 saturated heterocycles. The maximum absolute atomic E-state index is 5.97. The highest BCUT2D eigenvalue weighted by atomic mass is 16.5. The Labute approximate surface area is 119 Å². The van der Waals surface area contributed by atoms with E-state index >= 15 is 0 Å². The van der Waals surface area contributed by atoms with Crippen molar-refractivity contribution in [1.82, 2.24) is 10.2 Å². The zero-order valence-electron chi connectivity index (χ0n) is 13.1. The van der Waals surface area contributed by atoms with Crippen molar-refractivity contribution in [2.24, 2.45) is 0 Å². The van der Waals surface area contributed by atoms with Gasteiger partial charge in [-0.25, -0.2) is 0 Å². The minimum atomic E-state index is 0.354. The Morgan fingerprint density at radius 3 is 2.58 bits per heavy atom. The van der Waals surface area contributed by atoms with Gasteiger partial charge in [0.15, 0.2) is 0 Å². The van der Waals surface area contributed by atoms with E-state index in [2.05, 4.69) is 31.0 Å². The largest absolute Gasteiger partial charge is 0.377 e. The van der Waals surface area contributed by atoms with Crippen LogP contribution >= 0.6 is 0 Å². The zero-order chi connectivity index (χ0) is 13.7. The molecule has 0 spiro atoms. The minimum absolute atomic E-state index is 0.354. The average molecular weight is 268 g/mol. The van der Waals surface area contributed by atoms with Gasteiger partial charge in [0.2, 0.25) is 0 Å². The summed E-state index contributed by atoms with van der Waals surface area (Å²) < 4.78 is 5.97. The van der Waals surface area contributed by atoms with Gasteiger partial charge >= 0.3 is 0 Å². The van der Waals surface area contributed by atoms with Gasteiger partial charge in [0.25, 0.3) is 0 Å². The van der Waals surface area contributed by atoms with Crippen molar-refractivity contribution in [2.75, 3.05) is 26.2 Å². The standard InChI is InChI=1S/C16H32N2O/c1-4-14-11-18(12-15-9-7-8-10-19-15)16(5-2,6-3)13-17-14/h14-15,17H,4-13H2,1-3H3. The molecule has 2 rings (SSSR count). The van der Waals surface area contributed by atoms with Crippen LogP contribution in [0, 0.1) is 0 Å². The third-order valence-corrected chi connectivity index (χ3v) is 5.34. The van der Waals surface area contributed by atoms with Crippen LogP contribution in [0.25, 0.3) is 0 Å². The predicted octanol–water partition coefficient (Wildman–Crippen LogP) is 2.80. The van der Waals surface area contributed by atoms with E-state index in [1.165, 1.54) is 45.1 Å². The van der Waals surface area contributed by atoms with Crippen LogP contribution in [0.3, 0.4) is 0 Å². The summed E-state index contributed by atoms with van der Waals surface area (Å²) in [5, 5.41) is 3.75. The van der Waals surface area contributed by atoms with Crippen LogP contribution in [-0.2, 0) is 4.74 Å². The van der Waals surface area contributed by atoms with E-state index in [9.17, 15) is 0 Å². The molecule has 0 bridgehead atoms. The van der Waals surface area contributed by atoms with Gasteiger partial charge in [0.1, 0.15) is 0 Å². The summed E-state index contributed by atoms with van der Waals surface area (Å²) in [5.74, 6) is 0. The van der Waals surface area contributed by atoms with Crippen LogP contribution in [0.1, 0.15) is 59.3 Å². The highest BCUT2D eigenvalue weighted by Gasteiger charge is 2.39. The molecule has 2 heterocycles. The summed E-state index contributed by atoms with van der Waals surface area (Å²) in [7, 11) is 0. The molecule has 3 heteroatoms. The third kappa shape index (κ3) is 3.50. The van der Waals surface area contributed by atoms with E-state index in [4.69, 9.17) is 4.74 Å². The fraction of sp³-hybridized carbons (Fsp3) is 1.00. The first kappa shape index (κ1) is 15.3. The Bertz CT molecular complexity index is 259. The van der Waals surface area contributed by atoms with Crippen molar-refractivity contribution in [3.05, 3.63) is 0 Å². The third-order valence-electron chi connectivity index (χ3n) is 5.34. The van der Waals surface area contributed by atoms with Crippen molar-refractivity contribution in [3.8, 4) is 0 Å². The SMILES string of the molecule is CCC1CN(CC2CCCCO2)C(CC)(CC)CN1. The van der Waals surface area contributed by atoms with Gasteiger partial charge < -0.3 is 10.1 Å². The molecule has 0 aliphatic carbocycles. The second-order valence-corrected chi connectivity index (χ2v) is 6.31. The molecular weight excluding hydrogens is 236 g/mol. The van der Waals surface area contributed by atoms with Crippen molar-refractivity contribution >= 4 is 0 Å². The lowest BCUT2D eigenvalue weighted by Crippen LogP contribution is -2.65. The first-order valence-electron chi connectivity index (χ1n) is 8.34. The van der Waals surface area contributed by atoms with E-state index in [1.54, 1.807) is 0 Å². The van der Waals surface area contributed by atoms with Gasteiger partial charge in [-0.05, 0) is 38.5 Å². The average Bonchev–Trinajstić information content (AvgIpc) is 2.48. The number of nitrogens with one attached hydrogen (secondary N) is 1. The van der Waals surface area contributed by atoms with Crippen molar-refractivity contribution in [3.63, 3.8) is 0 Å². The summed E-state index contributed by atoms with van der Waals surface area (Å²) in [6.07, 6.45) is 8.03. The number of hydrogen-bond donors (Lipinski definition) is 1. The smallest absolute Gasteiger partial charge is 0.0702 e. The molecule has 1 N–H and O–H groups in total. The Hall–Kier alpha value is -0.120. The predicted molar refractivity (Wildman–Crippen MR) is 80.6 cm³/mol. The van der Waals surface area contributed by atoms with Crippen LogP contribution in [-0.4, -0.2) is 48.8 Å². The summed E-state index contributed by atoms with van der Waals surface area (Å²) in [6.45, 7) is 11.4. The molecule has 0 aromatic carbocycles. The Morgan fingerprint density at radius 2 is 2.00 bits per heavy atom. The highest BCUT2D eigenvalue weighted by Crippen LogP contribution is 2.29. The van der Waals surface area contributed by atoms with E-state index < -0.39 is 0 Å². The molecular formula is C16H32N2O. The Balaban J connectivity index is 2.01. The quantitative estimate of drug-likeness (QED) is 0.830. The molecule has 0 aromatic rings. The van der Waals surface area contributed by atoms with E-state index in [-0.39, 0.29) is 0 Å². The maximum atomic E-state index is 5.97. The fourth-order valence-corrected chi connectivity index (χ4v) is 3.66. The van der Waals surface area contributed by atoms with Crippen LogP contribution in [0.2, 0.25) is 0 Å². The number of piperazine rings is 1. The fourth-order valence-electron chi connectivity index (χ4n) is 3.66. The topological polar surface area (TPSA) is 24.5 Å². The molecule has 2 aliphatic rings. The number of ether oxygens (including phenoxy) is 1. The monoisotopic (exact) mass is 268 g/mol. The zero-order valence-corrected chi connectivity index (χ0v) is 13.1. The van der Waals surface area contributed by atoms with Crippen LogP contribution in [0.15, 0.2) is 0 Å². The minimum Gasteiger partial charge on any atom is -0.377 e. The van der Waals surface area contributed by atoms with Gasteiger partial charge in [-0.2, -0.15) is 0 Å². The van der Waals surface area contributed by atoms with Gasteiger partial charge in [-0.3, -0.25) is 4.90 Å². The molecule has 2 atom stereocenters. The first-order chi connectivity index (χ1) is 9.24. The van der Waals surface area contributed by atoms with Gasteiger partial charge in [0.05, 0.1) is 6.10 Å². The molecule has 2 aliphatic heterocycles. The summed E-state index contributed by atoms with van der Waals surface area (Å²) in [4.78, 5) is 2.74. The molecule has 3 nitrogen and oxygen atoms in total. The number of rotatable bonds is 5. The molecule has 112 valence electrons. The number of hydrogen-bond acceptors (Lipinski definition) is 3. The van der Waals surface area contributed by atoms with Crippen molar-refractivity contribution in [2.45, 2.75) is 77.0 Å². The van der Waals surface area contributed by atoms with Gasteiger partial charge in [0, 0.05) is 37.8 Å². The molecule has 2 unspecified atom stereocenters. The molecule has 0 saturated carbocycles. The maximum Gasteiger partial charge on any atom is 0.0702 e. The lowest BCUT2D eigenvalue weighted by atomic mass is 9.86. The van der Waals surface area contributed by atoms with Crippen molar-refractivity contribution < 1.29 is 4.74 Å². The van der Waals surface area contributed by atoms with E-state index in [1.807, 2.05) is 0 Å². The second kappa shape index (κ2) is 7.05. The van der Waals surface area contributed by atoms with Gasteiger partial charge in [-0.15, -0.1) is 0 Å². The van der Waals surface area contributed by atoms with E-state index in [0.717, 1.165) is 19.7 Å². The molecule has 19 heavy (non-hydrogen) atoms. The number of nitrogens with zero attached hydrogens (tertiary/aromatic N) is 1. The summed E-state index contributed by atoms with van der Waals surface area (Å²) in [6, 6.07) is 0.662. The van der Waals surface area contributed by atoms with Crippen molar-refractivity contribution in [1.29, 1.82) is 0 Å². The molecule has 2 fully saturated rings. The first-order valence-corrected chi connectivity index (χ1v) is 8.34. The Kier molecular flexibility index (Phi) is 5.67. The second-order valence-electron chi connectivity index (χ2n) is 6.31. The molecule has 0 radical (unpaired) electrons.